The molecule has 1 aromatic rings. The number of hydrogen-bond donors (Lipinski definition) is 1. The Morgan fingerprint density at radius 2 is 2.00 bits per heavy atom. The van der Waals surface area contributed by atoms with Crippen LogP contribution in [0.15, 0.2) is 24.3 Å². The van der Waals surface area contributed by atoms with Crippen molar-refractivity contribution in [3.8, 4) is 0 Å². The van der Waals surface area contributed by atoms with E-state index in [4.69, 9.17) is 5.11 Å². The number of carboxylic acid groups (broad SMARTS) is 1. The Labute approximate surface area is 94.5 Å². The molecule has 0 spiro atoms. The molecule has 1 N–H and O–H groups in total. The molecule has 0 aliphatic heterocycles. The largest absolute Gasteiger partial charge is 0.481 e. The molecule has 4 heteroatoms. The first-order valence-electron chi connectivity index (χ1n) is 5.15. The average Bonchev–Trinajstić information content (AvgIpc) is 2.20. The van der Waals surface area contributed by atoms with Crippen LogP contribution in [0.3, 0.4) is 0 Å². The maximum Gasteiger partial charge on any atom is 0.304 e. The number of hydrogen-bond acceptors (Lipinski definition) is 2. The first kappa shape index (κ1) is 12.6. The SMILES string of the molecule is CC(CC(=O)O)N(C)Cc1ccc(F)cc1. The van der Waals surface area contributed by atoms with Crippen LogP contribution in [0.4, 0.5) is 4.39 Å². The normalized spacial score (nSPS) is 12.8. The molecule has 0 radical (unpaired) electrons. The summed E-state index contributed by atoms with van der Waals surface area (Å²) in [5.41, 5.74) is 0.973. The first-order chi connectivity index (χ1) is 7.49. The van der Waals surface area contributed by atoms with Gasteiger partial charge in [-0.2, -0.15) is 0 Å². The molecule has 3 nitrogen and oxygen atoms in total. The van der Waals surface area contributed by atoms with Crippen LogP contribution in [0.1, 0.15) is 18.9 Å². The van der Waals surface area contributed by atoms with E-state index in [1.807, 2.05) is 18.9 Å². The summed E-state index contributed by atoms with van der Waals surface area (Å²) in [6.07, 6.45) is 0.109. The van der Waals surface area contributed by atoms with E-state index < -0.39 is 5.97 Å². The standard InChI is InChI=1S/C12H16FNO2/c1-9(7-12(15)16)14(2)8-10-3-5-11(13)6-4-10/h3-6,9H,7-8H2,1-2H3,(H,15,16). The van der Waals surface area contributed by atoms with Gasteiger partial charge in [0, 0.05) is 12.6 Å². The fourth-order valence-corrected chi connectivity index (χ4v) is 1.44. The Morgan fingerprint density at radius 1 is 1.44 bits per heavy atom. The van der Waals surface area contributed by atoms with E-state index >= 15 is 0 Å². The van der Waals surface area contributed by atoms with E-state index in [1.54, 1.807) is 12.1 Å². The highest BCUT2D eigenvalue weighted by Gasteiger charge is 2.13. The molecule has 0 aromatic heterocycles. The molecule has 1 rings (SSSR count). The molecule has 0 aliphatic rings. The van der Waals surface area contributed by atoms with Crippen LogP contribution in [0.2, 0.25) is 0 Å². The maximum atomic E-state index is 12.7. The van der Waals surface area contributed by atoms with Gasteiger partial charge in [-0.25, -0.2) is 4.39 Å². The number of benzene rings is 1. The molecule has 0 heterocycles. The summed E-state index contributed by atoms with van der Waals surface area (Å²) in [5, 5.41) is 8.66. The van der Waals surface area contributed by atoms with Crippen molar-refractivity contribution in [2.45, 2.75) is 25.9 Å². The number of carbonyl (C=O) groups is 1. The second-order valence-electron chi connectivity index (χ2n) is 3.99. The van der Waals surface area contributed by atoms with Crippen LogP contribution in [0.5, 0.6) is 0 Å². The molecule has 1 atom stereocenters. The minimum atomic E-state index is -0.807. The molecule has 88 valence electrons. The fraction of sp³-hybridized carbons (Fsp3) is 0.417. The van der Waals surface area contributed by atoms with Crippen molar-refractivity contribution in [2.24, 2.45) is 0 Å². The minimum absolute atomic E-state index is 0.0393. The zero-order chi connectivity index (χ0) is 12.1. The second-order valence-corrected chi connectivity index (χ2v) is 3.99. The molecule has 0 fully saturated rings. The third kappa shape index (κ3) is 3.98. The van der Waals surface area contributed by atoms with E-state index in [0.717, 1.165) is 5.56 Å². The van der Waals surface area contributed by atoms with Gasteiger partial charge in [0.25, 0.3) is 0 Å². The fourth-order valence-electron chi connectivity index (χ4n) is 1.44. The number of nitrogens with zero attached hydrogens (tertiary/aromatic N) is 1. The molecule has 1 aromatic carbocycles. The van der Waals surface area contributed by atoms with Crippen molar-refractivity contribution in [3.05, 3.63) is 35.6 Å². The summed E-state index contributed by atoms with van der Waals surface area (Å²) < 4.78 is 12.7. The molecule has 16 heavy (non-hydrogen) atoms. The average molecular weight is 225 g/mol. The van der Waals surface area contributed by atoms with Crippen LogP contribution in [-0.4, -0.2) is 29.1 Å². The summed E-state index contributed by atoms with van der Waals surface area (Å²) >= 11 is 0. The van der Waals surface area contributed by atoms with Gasteiger partial charge in [-0.15, -0.1) is 0 Å². The summed E-state index contributed by atoms with van der Waals surface area (Å²) in [4.78, 5) is 12.5. The van der Waals surface area contributed by atoms with Gasteiger partial charge in [-0.3, -0.25) is 9.69 Å². The van der Waals surface area contributed by atoms with Gasteiger partial charge >= 0.3 is 5.97 Å². The highest BCUT2D eigenvalue weighted by atomic mass is 19.1. The minimum Gasteiger partial charge on any atom is -0.481 e. The van der Waals surface area contributed by atoms with Crippen molar-refractivity contribution in [1.82, 2.24) is 4.90 Å². The lowest BCUT2D eigenvalue weighted by atomic mass is 10.1. The van der Waals surface area contributed by atoms with Crippen LogP contribution >= 0.6 is 0 Å². The second kappa shape index (κ2) is 5.61. The Kier molecular flexibility index (Phi) is 4.43. The number of rotatable bonds is 5. The summed E-state index contributed by atoms with van der Waals surface area (Å²) in [6.45, 7) is 2.48. The monoisotopic (exact) mass is 225 g/mol. The summed E-state index contributed by atoms with van der Waals surface area (Å²) in [6, 6.07) is 6.19. The molecule has 0 saturated carbocycles. The van der Waals surface area contributed by atoms with E-state index in [0.29, 0.717) is 6.54 Å². The molecule has 0 aliphatic carbocycles. The number of halogens is 1. The van der Waals surface area contributed by atoms with E-state index in [2.05, 4.69) is 0 Å². The van der Waals surface area contributed by atoms with E-state index in [9.17, 15) is 9.18 Å². The zero-order valence-corrected chi connectivity index (χ0v) is 9.48. The Morgan fingerprint density at radius 3 is 2.50 bits per heavy atom. The lowest BCUT2D eigenvalue weighted by Crippen LogP contribution is -2.30. The summed E-state index contributed by atoms with van der Waals surface area (Å²) in [5.74, 6) is -1.07. The van der Waals surface area contributed by atoms with Gasteiger partial charge < -0.3 is 5.11 Å². The Hall–Kier alpha value is -1.42. The van der Waals surface area contributed by atoms with Gasteiger partial charge in [0.05, 0.1) is 6.42 Å². The third-order valence-corrected chi connectivity index (χ3v) is 2.57. The molecule has 0 amide bonds. The van der Waals surface area contributed by atoms with Gasteiger partial charge in [0.15, 0.2) is 0 Å². The topological polar surface area (TPSA) is 40.5 Å². The molecular weight excluding hydrogens is 209 g/mol. The first-order valence-corrected chi connectivity index (χ1v) is 5.15. The van der Waals surface area contributed by atoms with Crippen LogP contribution in [-0.2, 0) is 11.3 Å². The van der Waals surface area contributed by atoms with Crippen molar-refractivity contribution >= 4 is 5.97 Å². The van der Waals surface area contributed by atoms with Gasteiger partial charge in [-0.1, -0.05) is 12.1 Å². The van der Waals surface area contributed by atoms with Gasteiger partial charge in [0.2, 0.25) is 0 Å². The lowest BCUT2D eigenvalue weighted by molar-refractivity contribution is -0.138. The third-order valence-electron chi connectivity index (χ3n) is 2.57. The zero-order valence-electron chi connectivity index (χ0n) is 9.48. The molecular formula is C12H16FNO2. The van der Waals surface area contributed by atoms with Crippen molar-refractivity contribution in [1.29, 1.82) is 0 Å². The Bertz CT molecular complexity index is 351. The molecule has 0 bridgehead atoms. The van der Waals surface area contributed by atoms with Crippen molar-refractivity contribution in [2.75, 3.05) is 7.05 Å². The number of carboxylic acids is 1. The predicted octanol–water partition coefficient (Wildman–Crippen LogP) is 2.12. The highest BCUT2D eigenvalue weighted by Crippen LogP contribution is 2.09. The van der Waals surface area contributed by atoms with Gasteiger partial charge in [-0.05, 0) is 31.7 Å². The van der Waals surface area contributed by atoms with Gasteiger partial charge in [0.1, 0.15) is 5.82 Å². The predicted molar refractivity (Wildman–Crippen MR) is 59.6 cm³/mol. The van der Waals surface area contributed by atoms with E-state index in [1.165, 1.54) is 12.1 Å². The highest BCUT2D eigenvalue weighted by molar-refractivity contribution is 5.67. The molecule has 0 saturated heterocycles. The summed E-state index contributed by atoms with van der Waals surface area (Å²) in [7, 11) is 1.86. The van der Waals surface area contributed by atoms with E-state index in [-0.39, 0.29) is 18.3 Å². The van der Waals surface area contributed by atoms with Crippen LogP contribution < -0.4 is 0 Å². The quantitative estimate of drug-likeness (QED) is 0.834. The smallest absolute Gasteiger partial charge is 0.304 e. The van der Waals surface area contributed by atoms with Crippen LogP contribution in [0, 0.1) is 5.82 Å². The van der Waals surface area contributed by atoms with Crippen molar-refractivity contribution < 1.29 is 14.3 Å². The molecule has 1 unspecified atom stereocenters. The Balaban J connectivity index is 2.53. The maximum absolute atomic E-state index is 12.7. The van der Waals surface area contributed by atoms with Crippen molar-refractivity contribution in [3.63, 3.8) is 0 Å². The lowest BCUT2D eigenvalue weighted by Gasteiger charge is -2.23. The van der Waals surface area contributed by atoms with Crippen LogP contribution in [0.25, 0.3) is 0 Å². The number of aliphatic carboxylic acids is 1.